The lowest BCUT2D eigenvalue weighted by molar-refractivity contribution is -0.123. The third-order valence-electron chi connectivity index (χ3n) is 6.04. The van der Waals surface area contributed by atoms with Gasteiger partial charge >= 0.3 is 0 Å². The molecule has 0 bridgehead atoms. The van der Waals surface area contributed by atoms with E-state index in [9.17, 15) is 14.4 Å². The van der Waals surface area contributed by atoms with Gasteiger partial charge in [-0.3, -0.25) is 29.0 Å². The van der Waals surface area contributed by atoms with Crippen LogP contribution in [0.4, 0.5) is 11.4 Å². The molecular weight excluding hydrogens is 430 g/mol. The molecule has 0 radical (unpaired) electrons. The summed E-state index contributed by atoms with van der Waals surface area (Å²) in [6, 6.07) is 11.2. The van der Waals surface area contributed by atoms with Crippen LogP contribution in [0.1, 0.15) is 24.1 Å². The van der Waals surface area contributed by atoms with Gasteiger partial charge in [-0.2, -0.15) is 0 Å². The Morgan fingerprint density at radius 2 is 1.91 bits per heavy atom. The fraction of sp³-hybridized carbons (Fsp3) is 0.130. The minimum Gasteiger partial charge on any atom is -0.331 e. The Bertz CT molecular complexity index is 1390. The van der Waals surface area contributed by atoms with E-state index < -0.39 is 11.8 Å². The second-order valence-corrected chi connectivity index (χ2v) is 7.72. The Kier molecular flexibility index (Phi) is 4.42. The van der Waals surface area contributed by atoms with Crippen molar-refractivity contribution in [3.05, 3.63) is 78.0 Å². The lowest BCUT2D eigenvalue weighted by Crippen LogP contribution is -2.31. The van der Waals surface area contributed by atoms with Crippen LogP contribution < -0.4 is 15.1 Å². The maximum atomic E-state index is 13.0. The highest BCUT2D eigenvalue weighted by atomic mass is 35.5. The molecule has 0 saturated heterocycles. The van der Waals surface area contributed by atoms with Crippen molar-refractivity contribution in [2.24, 2.45) is 0 Å². The van der Waals surface area contributed by atoms with E-state index >= 15 is 0 Å². The van der Waals surface area contributed by atoms with Gasteiger partial charge < -0.3 is 4.90 Å². The number of imide groups is 1. The van der Waals surface area contributed by atoms with Crippen LogP contribution in [0.2, 0.25) is 0 Å². The smallest absolute Gasteiger partial charge is 0.275 e. The normalized spacial score (nSPS) is 19.4. The molecule has 2 aromatic heterocycles. The van der Waals surface area contributed by atoms with Gasteiger partial charge in [0, 0.05) is 18.9 Å². The molecule has 3 aliphatic rings. The van der Waals surface area contributed by atoms with Gasteiger partial charge in [0.25, 0.3) is 11.8 Å². The summed E-state index contributed by atoms with van der Waals surface area (Å²) < 4.78 is 1.79. The number of para-hydroxylation sites is 1. The number of amides is 3. The minimum absolute atomic E-state index is 0. The molecule has 32 heavy (non-hydrogen) atoms. The fourth-order valence-electron chi connectivity index (χ4n) is 4.60. The van der Waals surface area contributed by atoms with E-state index in [1.807, 2.05) is 55.6 Å². The number of carbonyl (C=O) groups is 3. The second-order valence-electron chi connectivity index (χ2n) is 7.72. The Hall–Kier alpha value is -3.91. The number of hydrogen-bond donors (Lipinski definition) is 1. The highest BCUT2D eigenvalue weighted by Gasteiger charge is 2.41. The summed E-state index contributed by atoms with van der Waals surface area (Å²) in [4.78, 5) is 46.5. The first-order valence-electron chi connectivity index (χ1n) is 9.99. The SMILES string of the molecule is CC1C(=O)N2C=CCN(C3=C(c4cnc5ccccn45)C(=O)NC3=O)c3cccc1c32.Cl. The van der Waals surface area contributed by atoms with Crippen molar-refractivity contribution >= 4 is 52.7 Å². The second kappa shape index (κ2) is 7.06. The highest BCUT2D eigenvalue weighted by molar-refractivity contribution is 6.37. The monoisotopic (exact) mass is 447 g/mol. The number of benzene rings is 1. The largest absolute Gasteiger partial charge is 0.331 e. The number of pyridine rings is 1. The van der Waals surface area contributed by atoms with Crippen LogP contribution in [0.5, 0.6) is 0 Å². The summed E-state index contributed by atoms with van der Waals surface area (Å²) in [6.07, 6.45) is 6.99. The predicted molar refractivity (Wildman–Crippen MR) is 121 cm³/mol. The number of fused-ring (bicyclic) bond motifs is 1. The van der Waals surface area contributed by atoms with Gasteiger partial charge in [0.05, 0.1) is 34.8 Å². The van der Waals surface area contributed by atoms with Crippen molar-refractivity contribution in [2.45, 2.75) is 12.8 Å². The molecule has 1 atom stereocenters. The van der Waals surface area contributed by atoms with E-state index in [2.05, 4.69) is 10.3 Å². The first kappa shape index (κ1) is 20.0. The van der Waals surface area contributed by atoms with Gasteiger partial charge in [-0.15, -0.1) is 12.4 Å². The summed E-state index contributed by atoms with van der Waals surface area (Å²) in [5.74, 6) is -1.22. The summed E-state index contributed by atoms with van der Waals surface area (Å²) in [7, 11) is 0. The maximum Gasteiger partial charge on any atom is 0.275 e. The molecule has 3 amide bonds. The van der Waals surface area contributed by atoms with E-state index in [-0.39, 0.29) is 35.5 Å². The zero-order valence-corrected chi connectivity index (χ0v) is 17.8. The third kappa shape index (κ3) is 2.56. The molecule has 6 rings (SSSR count). The Morgan fingerprint density at radius 3 is 2.75 bits per heavy atom. The first-order chi connectivity index (χ1) is 15.1. The summed E-state index contributed by atoms with van der Waals surface area (Å²) in [5, 5.41) is 2.44. The molecule has 160 valence electrons. The minimum atomic E-state index is -0.470. The maximum absolute atomic E-state index is 13.0. The number of imidazole rings is 1. The number of rotatable bonds is 2. The van der Waals surface area contributed by atoms with Gasteiger partial charge in [0.2, 0.25) is 5.91 Å². The van der Waals surface area contributed by atoms with Gasteiger partial charge in [-0.1, -0.05) is 18.2 Å². The molecule has 1 aromatic carbocycles. The Balaban J connectivity index is 0.00000216. The number of carbonyl (C=O) groups excluding carboxylic acids is 3. The predicted octanol–water partition coefficient (Wildman–Crippen LogP) is 2.61. The van der Waals surface area contributed by atoms with Crippen LogP contribution in [-0.2, 0) is 14.4 Å². The van der Waals surface area contributed by atoms with E-state index in [1.54, 1.807) is 26.6 Å². The summed E-state index contributed by atoms with van der Waals surface area (Å²) in [5.41, 5.74) is 4.11. The van der Waals surface area contributed by atoms with Crippen molar-refractivity contribution in [2.75, 3.05) is 16.3 Å². The fourth-order valence-corrected chi connectivity index (χ4v) is 4.60. The number of hydrogen-bond acceptors (Lipinski definition) is 5. The van der Waals surface area contributed by atoms with E-state index in [0.29, 0.717) is 23.6 Å². The zero-order chi connectivity index (χ0) is 21.3. The van der Waals surface area contributed by atoms with Crippen molar-refractivity contribution in [3.63, 3.8) is 0 Å². The van der Waals surface area contributed by atoms with Crippen molar-refractivity contribution in [1.29, 1.82) is 0 Å². The van der Waals surface area contributed by atoms with Crippen LogP contribution in [0.3, 0.4) is 0 Å². The quantitative estimate of drug-likeness (QED) is 0.610. The number of aromatic nitrogens is 2. The van der Waals surface area contributed by atoms with Crippen LogP contribution in [0, 0.1) is 0 Å². The molecule has 0 saturated carbocycles. The Labute approximate surface area is 189 Å². The highest BCUT2D eigenvalue weighted by Crippen LogP contribution is 2.46. The third-order valence-corrected chi connectivity index (χ3v) is 6.04. The molecule has 0 fully saturated rings. The average Bonchev–Trinajstić information content (AvgIpc) is 3.33. The number of anilines is 2. The zero-order valence-electron chi connectivity index (χ0n) is 17.0. The Morgan fingerprint density at radius 1 is 1.06 bits per heavy atom. The molecule has 9 heteroatoms. The first-order valence-corrected chi connectivity index (χ1v) is 9.99. The van der Waals surface area contributed by atoms with Gasteiger partial charge in [-0.05, 0) is 36.8 Å². The molecule has 1 unspecified atom stereocenters. The molecule has 3 aliphatic heterocycles. The summed E-state index contributed by atoms with van der Waals surface area (Å²) >= 11 is 0. The summed E-state index contributed by atoms with van der Waals surface area (Å²) in [6.45, 7) is 2.21. The lowest BCUT2D eigenvalue weighted by atomic mass is 10.0. The number of halogens is 1. The molecule has 3 aromatic rings. The van der Waals surface area contributed by atoms with Gasteiger partial charge in [0.1, 0.15) is 11.3 Å². The van der Waals surface area contributed by atoms with Crippen LogP contribution in [0.15, 0.2) is 66.8 Å². The standard InChI is InChI=1S/C23H17N5O3.ClH/c1-13-14-6-4-7-15-19(14)28(23(13)31)11-5-10-27(15)20-18(21(29)25-22(20)30)16-12-24-17-8-2-3-9-26(16)17;/h2-9,11-13H,10H2,1H3,(H,25,29,30);1H. The molecule has 8 nitrogen and oxygen atoms in total. The average molecular weight is 448 g/mol. The van der Waals surface area contributed by atoms with E-state index in [4.69, 9.17) is 0 Å². The number of nitrogens with zero attached hydrogens (tertiary/aromatic N) is 4. The topological polar surface area (TPSA) is 87.0 Å². The molecule has 5 heterocycles. The van der Waals surface area contributed by atoms with Crippen molar-refractivity contribution in [3.8, 4) is 0 Å². The van der Waals surface area contributed by atoms with Gasteiger partial charge in [-0.25, -0.2) is 4.98 Å². The van der Waals surface area contributed by atoms with E-state index in [0.717, 1.165) is 11.3 Å². The molecule has 0 spiro atoms. The van der Waals surface area contributed by atoms with Crippen molar-refractivity contribution in [1.82, 2.24) is 14.7 Å². The van der Waals surface area contributed by atoms with Crippen molar-refractivity contribution < 1.29 is 14.4 Å². The van der Waals surface area contributed by atoms with E-state index in [1.165, 1.54) is 0 Å². The van der Waals surface area contributed by atoms with Crippen LogP contribution in [-0.4, -0.2) is 33.7 Å². The van der Waals surface area contributed by atoms with Crippen LogP contribution >= 0.6 is 12.4 Å². The number of nitrogens with one attached hydrogen (secondary N) is 1. The van der Waals surface area contributed by atoms with Gasteiger partial charge in [0.15, 0.2) is 0 Å². The lowest BCUT2D eigenvalue weighted by Gasteiger charge is -2.26. The molecule has 1 N–H and O–H groups in total. The molecule has 0 aliphatic carbocycles. The molecular formula is C23H18ClN5O3. The van der Waals surface area contributed by atoms with Crippen LogP contribution in [0.25, 0.3) is 11.2 Å².